The van der Waals surface area contributed by atoms with Gasteiger partial charge in [-0.15, -0.1) is 0 Å². The molecule has 0 radical (unpaired) electrons. The number of nitrogens with zero attached hydrogens (tertiary/aromatic N) is 1. The third kappa shape index (κ3) is 2.91. The molecule has 0 unspecified atom stereocenters. The molecule has 1 aliphatic heterocycles. The summed E-state index contributed by atoms with van der Waals surface area (Å²) < 4.78 is 22.5. The van der Waals surface area contributed by atoms with E-state index in [2.05, 4.69) is 11.5 Å². The predicted octanol–water partition coefficient (Wildman–Crippen LogP) is 1.70. The van der Waals surface area contributed by atoms with E-state index in [4.69, 9.17) is 5.14 Å². The van der Waals surface area contributed by atoms with Gasteiger partial charge in [-0.25, -0.2) is 13.6 Å². The van der Waals surface area contributed by atoms with Crippen LogP contribution in [0, 0.1) is 0 Å². The van der Waals surface area contributed by atoms with E-state index in [1.807, 2.05) is 35.3 Å². The van der Waals surface area contributed by atoms with Crippen molar-refractivity contribution in [1.82, 2.24) is 5.43 Å². The second-order valence-corrected chi connectivity index (χ2v) is 6.31. The highest BCUT2D eigenvalue weighted by atomic mass is 32.2. The average Bonchev–Trinajstić information content (AvgIpc) is 2.97. The number of anilines is 1. The van der Waals surface area contributed by atoms with Gasteiger partial charge in [0.05, 0.1) is 22.8 Å². The van der Waals surface area contributed by atoms with Gasteiger partial charge in [0.2, 0.25) is 10.0 Å². The standard InChI is InChI=1S/C15H15N3O2S/c16-21(19,20)14-8-6-13(7-9-14)18-11-10-15(17-18)12-4-2-1-3-5-12/h1-10,17H,11H2,(H2,16,19,20). The minimum atomic E-state index is -3.65. The monoisotopic (exact) mass is 301 g/mol. The molecule has 1 heterocycles. The first-order valence-electron chi connectivity index (χ1n) is 6.47. The molecule has 0 bridgehead atoms. The third-order valence-electron chi connectivity index (χ3n) is 3.30. The number of benzene rings is 2. The van der Waals surface area contributed by atoms with E-state index >= 15 is 0 Å². The number of primary sulfonamides is 1. The summed E-state index contributed by atoms with van der Waals surface area (Å²) in [6, 6.07) is 16.5. The Morgan fingerprint density at radius 3 is 2.29 bits per heavy atom. The van der Waals surface area contributed by atoms with Crippen LogP contribution in [0.4, 0.5) is 5.69 Å². The highest BCUT2D eigenvalue weighted by Crippen LogP contribution is 2.22. The van der Waals surface area contributed by atoms with E-state index in [0.29, 0.717) is 6.54 Å². The van der Waals surface area contributed by atoms with Crippen molar-refractivity contribution in [2.75, 3.05) is 11.6 Å². The lowest BCUT2D eigenvalue weighted by molar-refractivity contribution is 0.598. The minimum Gasteiger partial charge on any atom is -0.298 e. The fraction of sp³-hybridized carbons (Fsp3) is 0.0667. The molecule has 21 heavy (non-hydrogen) atoms. The van der Waals surface area contributed by atoms with Crippen LogP contribution in [-0.4, -0.2) is 15.0 Å². The molecular formula is C15H15N3O2S. The third-order valence-corrected chi connectivity index (χ3v) is 4.22. The van der Waals surface area contributed by atoms with Crippen LogP contribution < -0.4 is 15.6 Å². The van der Waals surface area contributed by atoms with Gasteiger partial charge in [-0.3, -0.25) is 10.4 Å². The Balaban J connectivity index is 1.76. The molecular weight excluding hydrogens is 286 g/mol. The first-order valence-corrected chi connectivity index (χ1v) is 8.01. The van der Waals surface area contributed by atoms with Crippen molar-refractivity contribution in [2.24, 2.45) is 5.14 Å². The SMILES string of the molecule is NS(=O)(=O)c1ccc(N2CC=C(c3ccccc3)N2)cc1. The Morgan fingerprint density at radius 2 is 1.67 bits per heavy atom. The summed E-state index contributed by atoms with van der Waals surface area (Å²) in [4.78, 5) is 0.113. The van der Waals surface area contributed by atoms with E-state index in [0.717, 1.165) is 16.9 Å². The van der Waals surface area contributed by atoms with Gasteiger partial charge in [-0.2, -0.15) is 0 Å². The van der Waals surface area contributed by atoms with Crippen molar-refractivity contribution in [2.45, 2.75) is 4.90 Å². The van der Waals surface area contributed by atoms with Gasteiger partial charge in [0.15, 0.2) is 0 Å². The lowest BCUT2D eigenvalue weighted by Gasteiger charge is -2.20. The normalized spacial score (nSPS) is 14.7. The van der Waals surface area contributed by atoms with Crippen LogP contribution in [0.1, 0.15) is 5.56 Å². The summed E-state index contributed by atoms with van der Waals surface area (Å²) in [7, 11) is -3.65. The summed E-state index contributed by atoms with van der Waals surface area (Å²) >= 11 is 0. The molecule has 0 saturated carbocycles. The van der Waals surface area contributed by atoms with E-state index < -0.39 is 10.0 Å². The Kier molecular flexibility index (Phi) is 3.40. The topological polar surface area (TPSA) is 75.4 Å². The van der Waals surface area contributed by atoms with Crippen LogP contribution in [0.25, 0.3) is 5.70 Å². The molecule has 3 rings (SSSR count). The molecule has 2 aromatic carbocycles. The maximum absolute atomic E-state index is 11.2. The first-order chi connectivity index (χ1) is 10.0. The van der Waals surface area contributed by atoms with Crippen molar-refractivity contribution in [1.29, 1.82) is 0 Å². The molecule has 3 N–H and O–H groups in total. The minimum absolute atomic E-state index is 0.113. The number of hydrogen-bond acceptors (Lipinski definition) is 4. The molecule has 0 aromatic heterocycles. The quantitative estimate of drug-likeness (QED) is 0.905. The van der Waals surface area contributed by atoms with Crippen LogP contribution in [0.3, 0.4) is 0 Å². The second-order valence-electron chi connectivity index (χ2n) is 4.75. The summed E-state index contributed by atoms with van der Waals surface area (Å²) in [6.45, 7) is 0.707. The van der Waals surface area contributed by atoms with Gasteiger partial charge in [-0.1, -0.05) is 30.3 Å². The van der Waals surface area contributed by atoms with Crippen LogP contribution >= 0.6 is 0 Å². The van der Waals surface area contributed by atoms with Gasteiger partial charge < -0.3 is 0 Å². The predicted molar refractivity (Wildman–Crippen MR) is 82.7 cm³/mol. The summed E-state index contributed by atoms with van der Waals surface area (Å²) in [5.41, 5.74) is 6.32. The average molecular weight is 301 g/mol. The maximum atomic E-state index is 11.2. The zero-order valence-corrected chi connectivity index (χ0v) is 12.0. The van der Waals surface area contributed by atoms with Crippen molar-refractivity contribution >= 4 is 21.4 Å². The Bertz CT molecular complexity index is 768. The van der Waals surface area contributed by atoms with Gasteiger partial charge in [0.25, 0.3) is 0 Å². The highest BCUT2D eigenvalue weighted by Gasteiger charge is 2.15. The molecule has 0 atom stereocenters. The molecule has 0 saturated heterocycles. The fourth-order valence-electron chi connectivity index (χ4n) is 2.21. The molecule has 0 aliphatic carbocycles. The van der Waals surface area contributed by atoms with E-state index in [1.54, 1.807) is 12.1 Å². The number of hydrogen-bond donors (Lipinski definition) is 2. The first kappa shape index (κ1) is 13.7. The number of sulfonamides is 1. The molecule has 2 aromatic rings. The number of hydrazine groups is 1. The zero-order valence-electron chi connectivity index (χ0n) is 11.2. The van der Waals surface area contributed by atoms with Gasteiger partial charge in [0, 0.05) is 0 Å². The Hall–Kier alpha value is -2.31. The zero-order chi connectivity index (χ0) is 14.9. The molecule has 108 valence electrons. The summed E-state index contributed by atoms with van der Waals surface area (Å²) in [5.74, 6) is 0. The molecule has 0 spiro atoms. The molecule has 1 aliphatic rings. The van der Waals surface area contributed by atoms with Crippen molar-refractivity contribution in [3.05, 3.63) is 66.2 Å². The van der Waals surface area contributed by atoms with E-state index in [-0.39, 0.29) is 4.90 Å². The molecule has 0 amide bonds. The van der Waals surface area contributed by atoms with Gasteiger partial charge in [-0.05, 0) is 35.9 Å². The summed E-state index contributed by atoms with van der Waals surface area (Å²) in [5, 5.41) is 7.03. The van der Waals surface area contributed by atoms with Crippen LogP contribution in [-0.2, 0) is 10.0 Å². The fourth-order valence-corrected chi connectivity index (χ4v) is 2.72. The highest BCUT2D eigenvalue weighted by molar-refractivity contribution is 7.89. The number of rotatable bonds is 3. The summed E-state index contributed by atoms with van der Waals surface area (Å²) in [6.07, 6.45) is 2.09. The van der Waals surface area contributed by atoms with Gasteiger partial charge in [0.1, 0.15) is 0 Å². The second kappa shape index (κ2) is 5.23. The van der Waals surface area contributed by atoms with Crippen LogP contribution in [0.15, 0.2) is 65.6 Å². The van der Waals surface area contributed by atoms with E-state index in [1.165, 1.54) is 12.1 Å². The smallest absolute Gasteiger partial charge is 0.238 e. The van der Waals surface area contributed by atoms with Crippen LogP contribution in [0.2, 0.25) is 0 Å². The maximum Gasteiger partial charge on any atom is 0.238 e. The van der Waals surface area contributed by atoms with Gasteiger partial charge >= 0.3 is 0 Å². The number of nitrogens with two attached hydrogens (primary N) is 1. The lowest BCUT2D eigenvalue weighted by atomic mass is 10.2. The Labute approximate surface area is 123 Å². The van der Waals surface area contributed by atoms with Crippen molar-refractivity contribution in [3.63, 3.8) is 0 Å². The molecule has 5 nitrogen and oxygen atoms in total. The molecule has 6 heteroatoms. The largest absolute Gasteiger partial charge is 0.298 e. The van der Waals surface area contributed by atoms with E-state index in [9.17, 15) is 8.42 Å². The molecule has 0 fully saturated rings. The van der Waals surface area contributed by atoms with Crippen molar-refractivity contribution < 1.29 is 8.42 Å². The number of nitrogens with one attached hydrogen (secondary N) is 1. The Morgan fingerprint density at radius 1 is 1.00 bits per heavy atom. The van der Waals surface area contributed by atoms with Crippen molar-refractivity contribution in [3.8, 4) is 0 Å². The lowest BCUT2D eigenvalue weighted by Crippen LogP contribution is -2.31. The van der Waals surface area contributed by atoms with Crippen LogP contribution in [0.5, 0.6) is 0 Å².